The van der Waals surface area contributed by atoms with Crippen molar-refractivity contribution < 1.29 is 19.4 Å². The minimum absolute atomic E-state index is 0. The number of aliphatic carboxylic acids is 1. The van der Waals surface area contributed by atoms with E-state index in [1.165, 1.54) is 0 Å². The van der Waals surface area contributed by atoms with Gasteiger partial charge in [0, 0.05) is 24.8 Å². The average Bonchev–Trinajstić information content (AvgIpc) is 2.97. The normalized spacial score (nSPS) is 20.7. The lowest BCUT2D eigenvalue weighted by Crippen LogP contribution is -2.22. The Balaban J connectivity index is 0.00000120. The molecule has 0 amide bonds. The van der Waals surface area contributed by atoms with Gasteiger partial charge in [-0.15, -0.1) is 12.4 Å². The zero-order valence-corrected chi connectivity index (χ0v) is 10.5. The largest absolute Gasteiger partial charge is 0.481 e. The molecule has 2 heterocycles. The Morgan fingerprint density at radius 2 is 2.11 bits per heavy atom. The number of carboxylic acid groups (broad SMARTS) is 1. The third kappa shape index (κ3) is 2.18. The Hall–Kier alpha value is -1.62. The molecule has 0 bridgehead atoms. The van der Waals surface area contributed by atoms with Crippen molar-refractivity contribution in [3.8, 4) is 11.5 Å². The molecule has 1 aromatic rings. The van der Waals surface area contributed by atoms with Gasteiger partial charge < -0.3 is 19.5 Å². The van der Waals surface area contributed by atoms with E-state index in [0.29, 0.717) is 13.0 Å². The number of carboxylic acids is 1. The van der Waals surface area contributed by atoms with E-state index in [1.54, 1.807) is 0 Å². The van der Waals surface area contributed by atoms with Crippen molar-refractivity contribution in [2.75, 3.05) is 24.8 Å². The average molecular weight is 272 g/mol. The Labute approximate surface area is 111 Å². The molecule has 2 aliphatic heterocycles. The van der Waals surface area contributed by atoms with E-state index in [1.807, 2.05) is 18.2 Å². The highest BCUT2D eigenvalue weighted by Crippen LogP contribution is 2.36. The second-order valence-corrected chi connectivity index (χ2v) is 4.31. The molecular weight excluding hydrogens is 258 g/mol. The summed E-state index contributed by atoms with van der Waals surface area (Å²) in [5.41, 5.74) is 0.998. The van der Waals surface area contributed by atoms with Crippen LogP contribution in [0, 0.1) is 5.92 Å². The molecule has 1 N–H and O–H groups in total. The Bertz CT molecular complexity index is 465. The van der Waals surface area contributed by atoms with E-state index in [0.717, 1.165) is 23.7 Å². The lowest BCUT2D eigenvalue weighted by Gasteiger charge is -2.18. The summed E-state index contributed by atoms with van der Waals surface area (Å²) in [6, 6.07) is 5.72. The highest BCUT2D eigenvalue weighted by atomic mass is 35.5. The molecule has 98 valence electrons. The van der Waals surface area contributed by atoms with Crippen molar-refractivity contribution in [2.24, 2.45) is 5.92 Å². The van der Waals surface area contributed by atoms with Crippen LogP contribution >= 0.6 is 12.4 Å². The summed E-state index contributed by atoms with van der Waals surface area (Å²) in [6.45, 7) is 1.60. The number of halogens is 1. The zero-order valence-electron chi connectivity index (χ0n) is 9.67. The Morgan fingerprint density at radius 1 is 1.33 bits per heavy atom. The van der Waals surface area contributed by atoms with E-state index in [2.05, 4.69) is 4.90 Å². The number of anilines is 1. The highest BCUT2D eigenvalue weighted by Gasteiger charge is 2.28. The van der Waals surface area contributed by atoms with Crippen LogP contribution in [-0.2, 0) is 4.79 Å². The van der Waals surface area contributed by atoms with Crippen molar-refractivity contribution in [1.82, 2.24) is 0 Å². The van der Waals surface area contributed by atoms with Gasteiger partial charge in [-0.25, -0.2) is 0 Å². The number of hydrogen-bond donors (Lipinski definition) is 1. The third-order valence-corrected chi connectivity index (χ3v) is 3.26. The first kappa shape index (κ1) is 12.8. The molecule has 3 rings (SSSR count). The van der Waals surface area contributed by atoms with E-state index < -0.39 is 5.97 Å². The summed E-state index contributed by atoms with van der Waals surface area (Å²) in [5.74, 6) is 0.512. The third-order valence-electron chi connectivity index (χ3n) is 3.26. The summed E-state index contributed by atoms with van der Waals surface area (Å²) < 4.78 is 10.5. The van der Waals surface area contributed by atoms with Gasteiger partial charge >= 0.3 is 5.97 Å². The number of rotatable bonds is 2. The lowest BCUT2D eigenvalue weighted by molar-refractivity contribution is -0.140. The molecule has 1 unspecified atom stereocenters. The summed E-state index contributed by atoms with van der Waals surface area (Å²) in [6.07, 6.45) is 0.698. The van der Waals surface area contributed by atoms with Gasteiger partial charge in [-0.1, -0.05) is 0 Å². The highest BCUT2D eigenvalue weighted by molar-refractivity contribution is 5.85. The molecule has 1 saturated heterocycles. The van der Waals surface area contributed by atoms with Gasteiger partial charge in [-0.05, 0) is 18.6 Å². The van der Waals surface area contributed by atoms with Gasteiger partial charge in [-0.3, -0.25) is 4.79 Å². The van der Waals surface area contributed by atoms with Crippen molar-refractivity contribution in [1.29, 1.82) is 0 Å². The van der Waals surface area contributed by atoms with Crippen LogP contribution in [0.5, 0.6) is 11.5 Å². The Kier molecular flexibility index (Phi) is 3.52. The van der Waals surface area contributed by atoms with E-state index in [4.69, 9.17) is 14.6 Å². The molecule has 18 heavy (non-hydrogen) atoms. The van der Waals surface area contributed by atoms with E-state index in [-0.39, 0.29) is 25.1 Å². The SMILES string of the molecule is Cl.O=C(O)C1CCN(c2ccc3c(c2)OCO3)C1. The molecule has 5 nitrogen and oxygen atoms in total. The summed E-state index contributed by atoms with van der Waals surface area (Å²) in [4.78, 5) is 13.0. The maximum absolute atomic E-state index is 10.9. The first-order valence-electron chi connectivity index (χ1n) is 5.61. The minimum atomic E-state index is -0.715. The molecule has 0 radical (unpaired) electrons. The predicted octanol–water partition coefficient (Wildman–Crippen LogP) is 1.75. The molecule has 1 atom stereocenters. The Morgan fingerprint density at radius 3 is 2.83 bits per heavy atom. The van der Waals surface area contributed by atoms with Crippen LogP contribution in [0.2, 0.25) is 0 Å². The van der Waals surface area contributed by atoms with E-state index >= 15 is 0 Å². The fourth-order valence-corrected chi connectivity index (χ4v) is 2.28. The van der Waals surface area contributed by atoms with Gasteiger partial charge in [0.1, 0.15) is 0 Å². The van der Waals surface area contributed by atoms with E-state index in [9.17, 15) is 4.79 Å². The van der Waals surface area contributed by atoms with Gasteiger partial charge in [0.05, 0.1) is 5.92 Å². The van der Waals surface area contributed by atoms with Gasteiger partial charge in [0.25, 0.3) is 0 Å². The molecule has 0 aliphatic carbocycles. The topological polar surface area (TPSA) is 59.0 Å². The summed E-state index contributed by atoms with van der Waals surface area (Å²) in [5, 5.41) is 8.96. The second-order valence-electron chi connectivity index (χ2n) is 4.31. The molecule has 0 spiro atoms. The van der Waals surface area contributed by atoms with Gasteiger partial charge in [0.2, 0.25) is 6.79 Å². The number of benzene rings is 1. The number of ether oxygens (including phenoxy) is 2. The lowest BCUT2D eigenvalue weighted by atomic mass is 10.1. The first-order chi connectivity index (χ1) is 8.24. The molecule has 0 saturated carbocycles. The fourth-order valence-electron chi connectivity index (χ4n) is 2.28. The molecule has 0 aromatic heterocycles. The van der Waals surface area contributed by atoms with Crippen molar-refractivity contribution >= 4 is 24.1 Å². The zero-order chi connectivity index (χ0) is 11.8. The molecule has 2 aliphatic rings. The van der Waals surface area contributed by atoms with Crippen molar-refractivity contribution in [2.45, 2.75) is 6.42 Å². The monoisotopic (exact) mass is 271 g/mol. The van der Waals surface area contributed by atoms with Gasteiger partial charge in [-0.2, -0.15) is 0 Å². The van der Waals surface area contributed by atoms with Gasteiger partial charge in [0.15, 0.2) is 11.5 Å². The quantitative estimate of drug-likeness (QED) is 0.888. The van der Waals surface area contributed by atoms with Crippen LogP contribution in [0.4, 0.5) is 5.69 Å². The summed E-state index contributed by atoms with van der Waals surface area (Å²) in [7, 11) is 0. The predicted molar refractivity (Wildman–Crippen MR) is 67.8 cm³/mol. The van der Waals surface area contributed by atoms with Crippen LogP contribution in [0.25, 0.3) is 0 Å². The van der Waals surface area contributed by atoms with Crippen molar-refractivity contribution in [3.05, 3.63) is 18.2 Å². The molecule has 1 aromatic carbocycles. The van der Waals surface area contributed by atoms with Crippen LogP contribution in [0.15, 0.2) is 18.2 Å². The standard InChI is InChI=1S/C12H13NO4.ClH/c14-12(15)8-3-4-13(6-8)9-1-2-10-11(5-9)17-7-16-10;/h1-2,5,8H,3-4,6-7H2,(H,14,15);1H. The van der Waals surface area contributed by atoms with Crippen LogP contribution in [0.1, 0.15) is 6.42 Å². The van der Waals surface area contributed by atoms with Crippen LogP contribution < -0.4 is 14.4 Å². The summed E-state index contributed by atoms with van der Waals surface area (Å²) >= 11 is 0. The maximum atomic E-state index is 10.9. The maximum Gasteiger partial charge on any atom is 0.308 e. The second kappa shape index (κ2) is 4.94. The number of nitrogens with zero attached hydrogens (tertiary/aromatic N) is 1. The first-order valence-corrected chi connectivity index (χ1v) is 5.61. The number of hydrogen-bond acceptors (Lipinski definition) is 4. The van der Waals surface area contributed by atoms with Crippen LogP contribution in [-0.4, -0.2) is 31.0 Å². The van der Waals surface area contributed by atoms with Crippen LogP contribution in [0.3, 0.4) is 0 Å². The minimum Gasteiger partial charge on any atom is -0.481 e. The molecule has 6 heteroatoms. The van der Waals surface area contributed by atoms with Crippen molar-refractivity contribution in [3.63, 3.8) is 0 Å². The smallest absolute Gasteiger partial charge is 0.308 e. The molecular formula is C12H14ClNO4. The fraction of sp³-hybridized carbons (Fsp3) is 0.417. The number of fused-ring (bicyclic) bond motifs is 1. The number of carbonyl (C=O) groups is 1. The molecule has 1 fully saturated rings.